The minimum absolute atomic E-state index is 0.0133. The molecule has 0 saturated carbocycles. The number of aryl methyl sites for hydroxylation is 2. The van der Waals surface area contributed by atoms with E-state index in [1.54, 1.807) is 0 Å². The lowest BCUT2D eigenvalue weighted by Gasteiger charge is -2.19. The summed E-state index contributed by atoms with van der Waals surface area (Å²) in [5, 5.41) is 4.92. The minimum atomic E-state index is 0.0133. The third kappa shape index (κ3) is 6.17. The maximum Gasteiger partial charge on any atom is 0.150 e. The lowest BCUT2D eigenvalue weighted by atomic mass is 9.87. The Morgan fingerprint density at radius 1 is 0.860 bits per heavy atom. The summed E-state index contributed by atoms with van der Waals surface area (Å²) in [4.78, 5) is 11.5. The van der Waals surface area contributed by atoms with Crippen LogP contribution in [0.15, 0.2) is 127 Å². The highest BCUT2D eigenvalue weighted by atomic mass is 32.1. The van der Waals surface area contributed by atoms with Crippen LogP contribution in [0.25, 0.3) is 72.2 Å². The first-order valence-electron chi connectivity index (χ1n) is 20.3. The topological polar surface area (TPSA) is 42.7 Å². The van der Waals surface area contributed by atoms with E-state index in [9.17, 15) is 0 Å². The number of nitrogens with zero attached hydrogens (tertiary/aromatic N) is 3. The second kappa shape index (κ2) is 14.6. The van der Waals surface area contributed by atoms with Gasteiger partial charge in [0.25, 0.3) is 0 Å². The van der Waals surface area contributed by atoms with Crippen LogP contribution in [0.2, 0.25) is 0 Å². The predicted molar refractivity (Wildman–Crippen MR) is 243 cm³/mol. The summed E-state index contributed by atoms with van der Waals surface area (Å²) in [6, 6.07) is 26.4. The molecule has 0 bridgehead atoms. The van der Waals surface area contributed by atoms with E-state index in [2.05, 4.69) is 159 Å². The van der Waals surface area contributed by atoms with Crippen molar-refractivity contribution in [2.45, 2.75) is 58.9 Å². The molecule has 0 radical (unpaired) electrons. The second-order valence-corrected chi connectivity index (χ2v) is 16.7. The van der Waals surface area contributed by atoms with Gasteiger partial charge in [-0.25, -0.2) is 9.97 Å². The average Bonchev–Trinajstić information content (AvgIpc) is 4.07. The van der Waals surface area contributed by atoms with E-state index < -0.39 is 0 Å². The van der Waals surface area contributed by atoms with Gasteiger partial charge in [-0.2, -0.15) is 0 Å². The highest BCUT2D eigenvalue weighted by Crippen LogP contribution is 2.50. The molecule has 6 aromatic rings. The predicted octanol–water partition coefficient (Wildman–Crippen LogP) is 13.2. The molecular weight excluding hydrogens is 713 g/mol. The molecule has 0 saturated heterocycles. The number of allylic oxidation sites excluding steroid dienone is 9. The normalized spacial score (nSPS) is 17.4. The van der Waals surface area contributed by atoms with Crippen LogP contribution < -0.4 is 5.32 Å². The van der Waals surface area contributed by atoms with Crippen LogP contribution in [0.5, 0.6) is 0 Å². The van der Waals surface area contributed by atoms with Crippen LogP contribution in [0, 0.1) is 6.92 Å². The molecule has 1 aliphatic heterocycles. The van der Waals surface area contributed by atoms with Crippen LogP contribution in [-0.4, -0.2) is 21.1 Å². The zero-order chi connectivity index (χ0) is 38.6. The molecule has 5 heteroatoms. The number of fused-ring (bicyclic) bond motifs is 5. The molecule has 1 atom stereocenters. The molecule has 1 unspecified atom stereocenters. The quantitative estimate of drug-likeness (QED) is 0.157. The zero-order valence-corrected chi connectivity index (χ0v) is 33.7. The molecule has 0 spiro atoms. The number of hydrogen-bond acceptors (Lipinski definition) is 4. The number of nitrogens with one attached hydrogen (secondary N) is 1. The van der Waals surface area contributed by atoms with E-state index in [1.807, 2.05) is 17.4 Å². The van der Waals surface area contributed by atoms with Crippen molar-refractivity contribution in [3.63, 3.8) is 0 Å². The largest absolute Gasteiger partial charge is 0.312 e. The standard InChI is InChI=1S/C52H46N4S/c1-5-13-40-41-25-26-42-44-30-43(39-17-11-10-14-32(39)3)33(4)28-49(44)57-51(42)50(41)56(48(40)6-2)38-24-23-37(29-38)34-19-21-36(22-20-34)47-31-46(35-15-8-7-9-16-35)54-52(55-47)45-18-12-27-53-45/h5-10,12-16,18-24,28,30-31,45,53H,2,11,17,25-27,29H2,1,3-4H3/b13-5-. The van der Waals surface area contributed by atoms with Crippen molar-refractivity contribution in [1.82, 2.24) is 19.9 Å². The summed E-state index contributed by atoms with van der Waals surface area (Å²) in [6.45, 7) is 11.9. The van der Waals surface area contributed by atoms with Crippen molar-refractivity contribution in [3.05, 3.63) is 172 Å². The average molecular weight is 759 g/mol. The molecule has 57 heavy (non-hydrogen) atoms. The van der Waals surface area contributed by atoms with Gasteiger partial charge in [0.05, 0.1) is 33.7 Å². The molecule has 10 rings (SSSR count). The molecule has 3 aromatic carbocycles. The Kier molecular flexibility index (Phi) is 9.08. The van der Waals surface area contributed by atoms with Crippen LogP contribution in [0.1, 0.15) is 84.1 Å². The fraction of sp³-hybridized carbons (Fsp3) is 0.192. The van der Waals surface area contributed by atoms with E-state index in [-0.39, 0.29) is 6.04 Å². The molecule has 3 aliphatic carbocycles. The van der Waals surface area contributed by atoms with Crippen LogP contribution >= 0.6 is 11.3 Å². The molecule has 0 amide bonds. The monoisotopic (exact) mass is 758 g/mol. The Morgan fingerprint density at radius 2 is 1.63 bits per heavy atom. The second-order valence-electron chi connectivity index (χ2n) is 15.6. The van der Waals surface area contributed by atoms with Gasteiger partial charge in [0.2, 0.25) is 0 Å². The first kappa shape index (κ1) is 35.5. The van der Waals surface area contributed by atoms with Crippen molar-refractivity contribution in [2.75, 3.05) is 6.54 Å². The van der Waals surface area contributed by atoms with Crippen LogP contribution in [0.3, 0.4) is 0 Å². The van der Waals surface area contributed by atoms with Gasteiger partial charge in [-0.3, -0.25) is 0 Å². The number of hydrogen-bond donors (Lipinski definition) is 1. The van der Waals surface area contributed by atoms with E-state index in [0.29, 0.717) is 0 Å². The maximum absolute atomic E-state index is 5.07. The minimum Gasteiger partial charge on any atom is -0.312 e. The summed E-state index contributed by atoms with van der Waals surface area (Å²) < 4.78 is 3.93. The molecular formula is C52H46N4S. The smallest absolute Gasteiger partial charge is 0.150 e. The lowest BCUT2D eigenvalue weighted by molar-refractivity contribution is 0.669. The molecule has 4 heterocycles. The SMILES string of the molecule is C=Cc1c(/C=C\C)c2c(n1C1=CC=C(c3ccc(-c4cc(-c5ccccc5)nc(C5C=CCN5)n4)cc3)C1)-c1sc3cc(C)c(C4=C(C)C=CCC4)cc3c1CC2. The molecule has 3 aromatic heterocycles. The van der Waals surface area contributed by atoms with Crippen molar-refractivity contribution >= 4 is 50.4 Å². The molecule has 280 valence electrons. The van der Waals surface area contributed by atoms with Crippen LogP contribution in [-0.2, 0) is 12.8 Å². The summed E-state index contributed by atoms with van der Waals surface area (Å²) in [6.07, 6.45) is 25.2. The lowest BCUT2D eigenvalue weighted by Crippen LogP contribution is -2.17. The Labute approximate surface area is 339 Å². The molecule has 4 nitrogen and oxygen atoms in total. The van der Waals surface area contributed by atoms with Crippen molar-refractivity contribution in [3.8, 4) is 33.1 Å². The van der Waals surface area contributed by atoms with E-state index in [0.717, 1.165) is 67.0 Å². The number of rotatable bonds is 8. The van der Waals surface area contributed by atoms with E-state index in [1.165, 1.54) is 82.1 Å². The van der Waals surface area contributed by atoms with Crippen molar-refractivity contribution < 1.29 is 0 Å². The summed E-state index contributed by atoms with van der Waals surface area (Å²) in [5.41, 5.74) is 20.4. The number of aromatic nitrogens is 3. The third-order valence-electron chi connectivity index (χ3n) is 12.1. The van der Waals surface area contributed by atoms with Gasteiger partial charge in [0.15, 0.2) is 5.82 Å². The maximum atomic E-state index is 5.07. The van der Waals surface area contributed by atoms with Gasteiger partial charge >= 0.3 is 0 Å². The van der Waals surface area contributed by atoms with Gasteiger partial charge < -0.3 is 9.88 Å². The van der Waals surface area contributed by atoms with Gasteiger partial charge in [0, 0.05) is 40.1 Å². The Bertz CT molecular complexity index is 2800. The van der Waals surface area contributed by atoms with E-state index >= 15 is 0 Å². The molecule has 4 aliphatic rings. The fourth-order valence-electron chi connectivity index (χ4n) is 9.32. The summed E-state index contributed by atoms with van der Waals surface area (Å²) in [5.74, 6) is 0.799. The number of benzene rings is 3. The Morgan fingerprint density at radius 3 is 2.37 bits per heavy atom. The van der Waals surface area contributed by atoms with E-state index in [4.69, 9.17) is 9.97 Å². The fourth-order valence-corrected chi connectivity index (χ4v) is 10.7. The highest BCUT2D eigenvalue weighted by molar-refractivity contribution is 7.22. The van der Waals surface area contributed by atoms with Crippen LogP contribution in [0.4, 0.5) is 0 Å². The molecule has 1 N–H and O–H groups in total. The summed E-state index contributed by atoms with van der Waals surface area (Å²) in [7, 11) is 0. The van der Waals surface area contributed by atoms with Gasteiger partial charge in [-0.15, -0.1) is 11.3 Å². The highest BCUT2D eigenvalue weighted by Gasteiger charge is 2.31. The van der Waals surface area contributed by atoms with Gasteiger partial charge in [-0.1, -0.05) is 104 Å². The first-order chi connectivity index (χ1) is 28.0. The first-order valence-corrected chi connectivity index (χ1v) is 21.1. The third-order valence-corrected chi connectivity index (χ3v) is 13.3. The Hall–Kier alpha value is -5.88. The zero-order valence-electron chi connectivity index (χ0n) is 32.9. The van der Waals surface area contributed by atoms with Gasteiger partial charge in [-0.05, 0) is 127 Å². The Balaban J connectivity index is 0.995. The van der Waals surface area contributed by atoms with Gasteiger partial charge in [0.1, 0.15) is 0 Å². The van der Waals surface area contributed by atoms with Crippen molar-refractivity contribution in [1.29, 1.82) is 0 Å². The van der Waals surface area contributed by atoms with Crippen molar-refractivity contribution in [2.24, 2.45) is 0 Å². The summed E-state index contributed by atoms with van der Waals surface area (Å²) >= 11 is 1.97. The number of thiophene rings is 1. The molecule has 0 fully saturated rings.